The van der Waals surface area contributed by atoms with Crippen LogP contribution in [0.4, 0.5) is 0 Å². The molecule has 5 aromatic rings. The second-order valence-corrected chi connectivity index (χ2v) is 16.6. The Hall–Kier alpha value is -4.14. The second kappa shape index (κ2) is 25.1. The van der Waals surface area contributed by atoms with E-state index in [1.54, 1.807) is 0 Å². The van der Waals surface area contributed by atoms with Gasteiger partial charge in [-0.15, -0.1) is 0 Å². The second-order valence-electron chi connectivity index (χ2n) is 16.6. The van der Waals surface area contributed by atoms with Crippen molar-refractivity contribution in [3.05, 3.63) is 163 Å². The fraction of sp³-hybridized carbons (Fsp3) is 0.396. The normalized spacial score (nSPS) is 11.5. The zero-order valence-corrected chi connectivity index (χ0v) is 34.9. The van der Waals surface area contributed by atoms with Gasteiger partial charge in [0.05, 0.1) is 20.6 Å². The van der Waals surface area contributed by atoms with Gasteiger partial charge in [0, 0.05) is 5.56 Å². The molecule has 0 unspecified atom stereocenters. The van der Waals surface area contributed by atoms with E-state index >= 15 is 0 Å². The van der Waals surface area contributed by atoms with E-state index in [0.29, 0.717) is 0 Å². The van der Waals surface area contributed by atoms with Crippen LogP contribution in [-0.4, -0.2) is 31.3 Å². The van der Waals surface area contributed by atoms with Gasteiger partial charge in [0.15, 0.2) is 0 Å². The molecule has 0 aliphatic heterocycles. The minimum Gasteiger partial charge on any atom is -0.325 e. The Kier molecular flexibility index (Phi) is 19.9. The third kappa shape index (κ3) is 14.8. The van der Waals surface area contributed by atoms with Crippen LogP contribution < -0.4 is 21.9 Å². The minimum atomic E-state index is -1.22. The first kappa shape index (κ1) is 43.6. The van der Waals surface area contributed by atoms with E-state index in [1.165, 1.54) is 142 Å². The fourth-order valence-electron chi connectivity index (χ4n) is 8.54. The maximum absolute atomic E-state index is 3.84. The molecular weight excluding hydrogens is 661 g/mol. The molecule has 0 saturated carbocycles. The Bertz CT molecular complexity index is 1520. The molecule has 5 aromatic carbocycles. The van der Waals surface area contributed by atoms with E-state index in [2.05, 4.69) is 173 Å². The van der Waals surface area contributed by atoms with Crippen LogP contribution in [0.25, 0.3) is 6.08 Å². The standard InChI is InChI=1S/C29H52N.C24H20B/c1-5-7-8-9-10-11-12-13-14-15-16-17-18-19-20-21-26-30(3,4)27-29-24-22-28(6-2)23-25-29;1-5-13-21(14-6-1)25(22-15-7-2-8-16-22,23-17-9-3-10-18-23)24-19-11-4-12-20-24/h6,22-25H,2,5,7-21,26-27H2,1,3-4H3;1-20H/q+1;-1. The summed E-state index contributed by atoms with van der Waals surface area (Å²) < 4.78 is 1.09. The first-order chi connectivity index (χ1) is 27.0. The lowest BCUT2D eigenvalue weighted by atomic mass is 9.13. The summed E-state index contributed by atoms with van der Waals surface area (Å²) >= 11 is 0. The average Bonchev–Trinajstić information content (AvgIpc) is 3.23. The molecule has 55 heavy (non-hydrogen) atoms. The Morgan fingerprint density at radius 2 is 0.727 bits per heavy atom. The lowest BCUT2D eigenvalue weighted by molar-refractivity contribution is -0.903. The van der Waals surface area contributed by atoms with E-state index in [-0.39, 0.29) is 0 Å². The van der Waals surface area contributed by atoms with Crippen LogP contribution in [0.5, 0.6) is 0 Å². The van der Waals surface area contributed by atoms with Gasteiger partial charge >= 0.3 is 0 Å². The molecule has 0 fully saturated rings. The van der Waals surface area contributed by atoms with Gasteiger partial charge in [-0.05, 0) is 18.4 Å². The van der Waals surface area contributed by atoms with Crippen LogP contribution in [0.3, 0.4) is 0 Å². The van der Waals surface area contributed by atoms with Crippen molar-refractivity contribution in [1.82, 2.24) is 0 Å². The van der Waals surface area contributed by atoms with Crippen molar-refractivity contribution in [1.29, 1.82) is 0 Å². The van der Waals surface area contributed by atoms with Gasteiger partial charge in [-0.25, -0.2) is 0 Å². The van der Waals surface area contributed by atoms with E-state index in [4.69, 9.17) is 0 Å². The number of benzene rings is 5. The molecule has 5 rings (SSSR count). The molecule has 0 aromatic heterocycles. The summed E-state index contributed by atoms with van der Waals surface area (Å²) in [5, 5.41) is 0. The highest BCUT2D eigenvalue weighted by molar-refractivity contribution is 7.19. The Morgan fingerprint density at radius 1 is 0.418 bits per heavy atom. The van der Waals surface area contributed by atoms with E-state index in [9.17, 15) is 0 Å². The van der Waals surface area contributed by atoms with Crippen molar-refractivity contribution in [3.63, 3.8) is 0 Å². The highest BCUT2D eigenvalue weighted by Crippen LogP contribution is 2.16. The van der Waals surface area contributed by atoms with Gasteiger partial charge in [0.25, 0.3) is 0 Å². The first-order valence-corrected chi connectivity index (χ1v) is 21.9. The summed E-state index contributed by atoms with van der Waals surface area (Å²) in [6.45, 7) is 8.54. The molecule has 292 valence electrons. The highest BCUT2D eigenvalue weighted by Gasteiger charge is 2.31. The van der Waals surface area contributed by atoms with E-state index < -0.39 is 6.15 Å². The molecule has 2 heteroatoms. The maximum Gasteiger partial charge on any atom is 0.108 e. The van der Waals surface area contributed by atoms with Crippen LogP contribution in [0.1, 0.15) is 121 Å². The van der Waals surface area contributed by atoms with Crippen molar-refractivity contribution in [2.24, 2.45) is 0 Å². The number of quaternary nitrogens is 1. The smallest absolute Gasteiger partial charge is 0.108 e. The van der Waals surface area contributed by atoms with Crippen molar-refractivity contribution in [3.8, 4) is 0 Å². The predicted molar refractivity (Wildman–Crippen MR) is 247 cm³/mol. The summed E-state index contributed by atoms with van der Waals surface area (Å²) in [6.07, 6.45) is 23.7. The summed E-state index contributed by atoms with van der Waals surface area (Å²) in [4.78, 5) is 0. The van der Waals surface area contributed by atoms with Crippen LogP contribution in [0.2, 0.25) is 0 Å². The topological polar surface area (TPSA) is 0 Å². The molecule has 0 spiro atoms. The minimum absolute atomic E-state index is 1.09. The lowest BCUT2D eigenvalue weighted by Crippen LogP contribution is -2.74. The third-order valence-corrected chi connectivity index (χ3v) is 11.6. The largest absolute Gasteiger partial charge is 0.325 e. The molecular formula is C53H72BN. The molecule has 0 amide bonds. The van der Waals surface area contributed by atoms with Crippen LogP contribution in [0.15, 0.2) is 152 Å². The molecule has 0 atom stereocenters. The number of hydrogen-bond donors (Lipinski definition) is 0. The predicted octanol–water partition coefficient (Wildman–Crippen LogP) is 12.2. The summed E-state index contributed by atoms with van der Waals surface area (Å²) in [5.74, 6) is 0. The maximum atomic E-state index is 3.84. The molecule has 1 nitrogen and oxygen atoms in total. The SMILES string of the molecule is C=Cc1ccc(C[N+](C)(C)CCCCCCCCCCCCCCCCCC)cc1.c1ccc([B-](c2ccccc2)(c2ccccc2)c2ccccc2)cc1. The third-order valence-electron chi connectivity index (χ3n) is 11.6. The summed E-state index contributed by atoms with van der Waals surface area (Å²) in [6, 6.07) is 52.4. The monoisotopic (exact) mass is 734 g/mol. The zero-order valence-electron chi connectivity index (χ0n) is 34.9. The number of unbranched alkanes of at least 4 members (excludes halogenated alkanes) is 15. The first-order valence-electron chi connectivity index (χ1n) is 21.9. The fourth-order valence-corrected chi connectivity index (χ4v) is 8.54. The van der Waals surface area contributed by atoms with Crippen molar-refractivity contribution in [2.45, 2.75) is 116 Å². The van der Waals surface area contributed by atoms with Crippen molar-refractivity contribution in [2.75, 3.05) is 20.6 Å². The molecule has 0 aliphatic rings. The lowest BCUT2D eigenvalue weighted by Gasteiger charge is -2.44. The quantitative estimate of drug-likeness (QED) is 0.0336. The van der Waals surface area contributed by atoms with Gasteiger partial charge < -0.3 is 4.48 Å². The van der Waals surface area contributed by atoms with Gasteiger partial charge in [-0.3, -0.25) is 0 Å². The van der Waals surface area contributed by atoms with Gasteiger partial charge in [-0.2, -0.15) is 21.9 Å². The van der Waals surface area contributed by atoms with Crippen molar-refractivity contribution >= 4 is 34.1 Å². The van der Waals surface area contributed by atoms with E-state index in [1.807, 2.05) is 6.08 Å². The number of hydrogen-bond acceptors (Lipinski definition) is 0. The molecule has 0 N–H and O–H groups in total. The summed E-state index contributed by atoms with van der Waals surface area (Å²) in [5.41, 5.74) is 8.00. The van der Waals surface area contributed by atoms with Crippen LogP contribution in [0, 0.1) is 0 Å². The number of nitrogens with zero attached hydrogens (tertiary/aromatic N) is 1. The van der Waals surface area contributed by atoms with Crippen molar-refractivity contribution < 1.29 is 4.48 Å². The number of rotatable bonds is 24. The molecule has 0 heterocycles. The summed E-state index contributed by atoms with van der Waals surface area (Å²) in [7, 11) is 4.74. The van der Waals surface area contributed by atoms with Crippen LogP contribution in [-0.2, 0) is 6.54 Å². The zero-order chi connectivity index (χ0) is 38.9. The van der Waals surface area contributed by atoms with Gasteiger partial charge in [0.1, 0.15) is 12.7 Å². The molecule has 0 aliphatic carbocycles. The van der Waals surface area contributed by atoms with Gasteiger partial charge in [0.2, 0.25) is 0 Å². The Labute approximate surface area is 337 Å². The van der Waals surface area contributed by atoms with Gasteiger partial charge in [-0.1, -0.05) is 255 Å². The molecule has 0 bridgehead atoms. The molecule has 0 radical (unpaired) electrons. The Balaban J connectivity index is 0.000000247. The van der Waals surface area contributed by atoms with E-state index in [0.717, 1.165) is 11.0 Å². The molecule has 0 saturated heterocycles. The average molecular weight is 734 g/mol. The highest BCUT2D eigenvalue weighted by atomic mass is 15.3. The van der Waals surface area contributed by atoms with Crippen LogP contribution >= 0.6 is 0 Å². The Morgan fingerprint density at radius 3 is 1.04 bits per heavy atom.